The highest BCUT2D eigenvalue weighted by Crippen LogP contribution is 2.72. The minimum atomic E-state index is -1.10. The summed E-state index contributed by atoms with van der Waals surface area (Å²) < 4.78 is 24.2. The van der Waals surface area contributed by atoms with Crippen LogP contribution in [0.2, 0.25) is 0 Å². The van der Waals surface area contributed by atoms with E-state index < -0.39 is 11.4 Å². The molecule has 7 heteroatoms. The second-order valence-electron chi connectivity index (χ2n) is 13.4. The van der Waals surface area contributed by atoms with Gasteiger partial charge in [-0.05, 0) is 94.8 Å². The number of nitrogens with two attached hydrogens (primary N) is 1. The van der Waals surface area contributed by atoms with E-state index in [4.69, 9.17) is 24.7 Å². The van der Waals surface area contributed by atoms with Crippen molar-refractivity contribution < 1.29 is 29.2 Å². The van der Waals surface area contributed by atoms with Crippen LogP contribution in [0.5, 0.6) is 0 Å². The Hall–Kier alpha value is -0.280. The Balaban J connectivity index is 1.15. The van der Waals surface area contributed by atoms with Crippen LogP contribution in [-0.2, 0) is 18.9 Å². The predicted molar refractivity (Wildman–Crippen MR) is 130 cm³/mol. The number of aliphatic hydroxyl groups is 2. The molecule has 0 radical (unpaired) electrons. The van der Waals surface area contributed by atoms with Crippen LogP contribution in [0.25, 0.3) is 0 Å². The molecule has 6 aliphatic rings. The van der Waals surface area contributed by atoms with Crippen LogP contribution in [0.1, 0.15) is 85.0 Å². The van der Waals surface area contributed by atoms with Gasteiger partial charge in [0.15, 0.2) is 12.1 Å². The molecule has 4 saturated carbocycles. The number of hydrogen-bond donors (Lipinski definition) is 3. The average molecular weight is 494 g/mol. The van der Waals surface area contributed by atoms with Gasteiger partial charge in [-0.3, -0.25) is 0 Å². The van der Waals surface area contributed by atoms with E-state index in [9.17, 15) is 10.2 Å². The molecule has 6 rings (SSSR count). The number of fused-ring (bicyclic) bond motifs is 4. The fraction of sp³-hybridized carbons (Fsp3) is 1.00. The Kier molecular flexibility index (Phi) is 5.98. The van der Waals surface area contributed by atoms with Gasteiger partial charge >= 0.3 is 0 Å². The molecule has 2 aliphatic heterocycles. The van der Waals surface area contributed by atoms with E-state index in [0.29, 0.717) is 30.8 Å². The smallest absolute Gasteiger partial charge is 0.166 e. The summed E-state index contributed by atoms with van der Waals surface area (Å²) in [7, 11) is 1.72. The maximum absolute atomic E-state index is 12.3. The minimum absolute atomic E-state index is 0.0288. The summed E-state index contributed by atoms with van der Waals surface area (Å²) in [6, 6.07) is -0.116. The normalized spacial score (nSPS) is 59.9. The third kappa shape index (κ3) is 3.48. The van der Waals surface area contributed by atoms with Crippen LogP contribution in [0, 0.1) is 34.5 Å². The second-order valence-corrected chi connectivity index (χ2v) is 13.4. The van der Waals surface area contributed by atoms with Crippen molar-refractivity contribution in [1.82, 2.24) is 0 Å². The highest BCUT2D eigenvalue weighted by molar-refractivity contribution is 5.21. The van der Waals surface area contributed by atoms with E-state index in [-0.39, 0.29) is 47.4 Å². The topological polar surface area (TPSA) is 103 Å². The Morgan fingerprint density at radius 1 is 0.943 bits per heavy atom. The number of ether oxygens (including phenoxy) is 4. The van der Waals surface area contributed by atoms with E-state index >= 15 is 0 Å². The molecule has 4 aliphatic carbocycles. The molecule has 1 unspecified atom stereocenters. The highest BCUT2D eigenvalue weighted by atomic mass is 16.7. The van der Waals surface area contributed by atoms with E-state index in [2.05, 4.69) is 6.92 Å². The lowest BCUT2D eigenvalue weighted by Crippen LogP contribution is -2.63. The Bertz CT molecular complexity index is 823. The Morgan fingerprint density at radius 3 is 2.51 bits per heavy atom. The first kappa shape index (κ1) is 25.0. The van der Waals surface area contributed by atoms with Crippen LogP contribution >= 0.6 is 0 Å². The SMILES string of the molecule is CO[C@H]1C[C@H](O[C@H]2CC[C@@]3(C)[C@@H](CC[C@@H]4[C@@H]3CC[C@]35COC(C)(O)[C@H]3CC[C@]45O)C2)O[C@H](C)[C@H]1N. The quantitative estimate of drug-likeness (QED) is 0.518. The van der Waals surface area contributed by atoms with E-state index in [0.717, 1.165) is 57.8 Å². The lowest BCUT2D eigenvalue weighted by molar-refractivity contribution is -0.255. The molecule has 0 aromatic rings. The van der Waals surface area contributed by atoms with Gasteiger partial charge in [-0.25, -0.2) is 0 Å². The molecule has 13 atom stereocenters. The first-order valence-electron chi connectivity index (χ1n) is 14.2. The standard InChI is InChI=1S/C28H47NO6/c1-16-24(29)21(32-4)14-23(34-16)35-18-7-10-25(2)17(13-18)5-6-20-19(25)8-11-27-15-33-26(3,30)22(27)9-12-28(20,27)31/h16-24,30-31H,5-15,29H2,1-4H3/t16-,17+,18+,19+,20-,21+,22-,23+,24-,25+,26?,27+,28+/m1/s1. The van der Waals surface area contributed by atoms with Gasteiger partial charge in [-0.1, -0.05) is 6.92 Å². The zero-order chi connectivity index (χ0) is 24.8. The molecule has 4 N–H and O–H groups in total. The fourth-order valence-corrected chi connectivity index (χ4v) is 10.2. The molecular weight excluding hydrogens is 446 g/mol. The molecule has 0 bridgehead atoms. The van der Waals surface area contributed by atoms with Crippen LogP contribution < -0.4 is 5.73 Å². The third-order valence-corrected chi connectivity index (χ3v) is 12.2. The van der Waals surface area contributed by atoms with Crippen molar-refractivity contribution in [3.05, 3.63) is 0 Å². The monoisotopic (exact) mass is 493 g/mol. The summed E-state index contributed by atoms with van der Waals surface area (Å²) in [5.74, 6) is 0.408. The van der Waals surface area contributed by atoms with Crippen molar-refractivity contribution in [2.24, 2.45) is 40.2 Å². The molecule has 6 fully saturated rings. The van der Waals surface area contributed by atoms with Crippen molar-refractivity contribution in [1.29, 1.82) is 0 Å². The second kappa shape index (κ2) is 8.36. The van der Waals surface area contributed by atoms with Crippen LogP contribution in [-0.4, -0.2) is 66.0 Å². The molecule has 0 aromatic carbocycles. The fourth-order valence-electron chi connectivity index (χ4n) is 10.2. The maximum atomic E-state index is 12.3. The van der Waals surface area contributed by atoms with Gasteiger partial charge in [0.2, 0.25) is 0 Å². The first-order valence-corrected chi connectivity index (χ1v) is 14.2. The number of rotatable bonds is 3. The third-order valence-electron chi connectivity index (χ3n) is 12.2. The van der Waals surface area contributed by atoms with Gasteiger partial charge in [-0.15, -0.1) is 0 Å². The molecule has 7 nitrogen and oxygen atoms in total. The van der Waals surface area contributed by atoms with Gasteiger partial charge in [0.05, 0.1) is 36.6 Å². The summed E-state index contributed by atoms with van der Waals surface area (Å²) in [5, 5.41) is 23.2. The zero-order valence-corrected chi connectivity index (χ0v) is 22.1. The lowest BCUT2D eigenvalue weighted by Gasteiger charge is -2.63. The molecule has 35 heavy (non-hydrogen) atoms. The number of methoxy groups -OCH3 is 1. The first-order chi connectivity index (χ1) is 16.5. The molecule has 2 saturated heterocycles. The van der Waals surface area contributed by atoms with Crippen molar-refractivity contribution in [2.45, 2.75) is 127 Å². The summed E-state index contributed by atoms with van der Waals surface area (Å²) in [6.45, 7) is 6.82. The maximum Gasteiger partial charge on any atom is 0.166 e. The Morgan fingerprint density at radius 2 is 1.74 bits per heavy atom. The average Bonchev–Trinajstić information content (AvgIpc) is 3.28. The molecule has 0 amide bonds. The van der Waals surface area contributed by atoms with E-state index in [1.807, 2.05) is 13.8 Å². The van der Waals surface area contributed by atoms with Crippen LogP contribution in [0.3, 0.4) is 0 Å². The Labute approximate surface area is 210 Å². The van der Waals surface area contributed by atoms with Gasteiger partial charge in [0.25, 0.3) is 0 Å². The minimum Gasteiger partial charge on any atom is -0.389 e. The molecule has 200 valence electrons. The molecule has 0 aromatic heterocycles. The van der Waals surface area contributed by atoms with Gasteiger partial charge in [0, 0.05) is 24.9 Å². The molecule has 1 spiro atoms. The van der Waals surface area contributed by atoms with Crippen molar-refractivity contribution in [2.75, 3.05) is 13.7 Å². The summed E-state index contributed by atoms with van der Waals surface area (Å²) in [4.78, 5) is 0. The van der Waals surface area contributed by atoms with Crippen molar-refractivity contribution in [3.63, 3.8) is 0 Å². The van der Waals surface area contributed by atoms with Crippen molar-refractivity contribution >= 4 is 0 Å². The van der Waals surface area contributed by atoms with Gasteiger partial charge < -0.3 is 34.9 Å². The zero-order valence-electron chi connectivity index (χ0n) is 22.1. The van der Waals surface area contributed by atoms with E-state index in [1.54, 1.807) is 7.11 Å². The van der Waals surface area contributed by atoms with Gasteiger partial charge in [-0.2, -0.15) is 0 Å². The largest absolute Gasteiger partial charge is 0.389 e. The van der Waals surface area contributed by atoms with Crippen molar-refractivity contribution in [3.8, 4) is 0 Å². The van der Waals surface area contributed by atoms with Gasteiger partial charge in [0.1, 0.15) is 0 Å². The van der Waals surface area contributed by atoms with E-state index in [1.165, 1.54) is 0 Å². The van der Waals surface area contributed by atoms with Crippen LogP contribution in [0.15, 0.2) is 0 Å². The van der Waals surface area contributed by atoms with Crippen LogP contribution in [0.4, 0.5) is 0 Å². The molecular formula is C28H47NO6. The highest BCUT2D eigenvalue weighted by Gasteiger charge is 2.74. The number of hydrogen-bond acceptors (Lipinski definition) is 7. The molecule has 2 heterocycles. The lowest BCUT2D eigenvalue weighted by atomic mass is 9.43. The predicted octanol–water partition coefficient (Wildman–Crippen LogP) is 3.34. The summed E-state index contributed by atoms with van der Waals surface area (Å²) in [6.07, 6.45) is 9.80. The summed E-state index contributed by atoms with van der Waals surface area (Å²) in [5.41, 5.74) is 5.50. The summed E-state index contributed by atoms with van der Waals surface area (Å²) >= 11 is 0.